The highest BCUT2D eigenvalue weighted by molar-refractivity contribution is 7.07. The van der Waals surface area contributed by atoms with Crippen molar-refractivity contribution in [3.05, 3.63) is 70.6 Å². The quantitative estimate of drug-likeness (QED) is 0.397. The number of benzene rings is 2. The smallest absolute Gasteiger partial charge is 0.206 e. The van der Waals surface area contributed by atoms with E-state index in [0.717, 1.165) is 0 Å². The summed E-state index contributed by atoms with van der Waals surface area (Å²) in [4.78, 5) is 5.08. The largest absolute Gasteiger partial charge is 0.496 e. The molecule has 3 rings (SSSR count). The Balaban J connectivity index is 2.17. The Morgan fingerprint density at radius 3 is 2.40 bits per heavy atom. The van der Waals surface area contributed by atoms with E-state index in [1.54, 1.807) is 68.6 Å². The SMILES string of the molecule is C=CCN=c1scc(-c2ccccc2F)n1N=Cc1c(OC)cc(OC)cc1OC. The van der Waals surface area contributed by atoms with E-state index < -0.39 is 0 Å². The Kier molecular flexibility index (Phi) is 7.03. The van der Waals surface area contributed by atoms with Gasteiger partial charge in [-0.05, 0) is 12.1 Å². The molecular weight excluding hydrogens is 405 g/mol. The van der Waals surface area contributed by atoms with E-state index in [0.29, 0.717) is 45.4 Å². The standard InChI is InChI=1S/C22H22FN3O3S/c1-5-10-24-22-26(19(14-30-22)16-8-6-7-9-18(16)23)25-13-17-20(28-3)11-15(27-2)12-21(17)29-4/h5-9,11-14H,1,10H2,2-4H3. The predicted octanol–water partition coefficient (Wildman–Crippen LogP) is 4.35. The summed E-state index contributed by atoms with van der Waals surface area (Å²) < 4.78 is 32.3. The average molecular weight is 428 g/mol. The number of rotatable bonds is 8. The lowest BCUT2D eigenvalue weighted by atomic mass is 10.1. The van der Waals surface area contributed by atoms with E-state index in [2.05, 4.69) is 16.7 Å². The molecule has 0 bridgehead atoms. The van der Waals surface area contributed by atoms with Crippen molar-refractivity contribution in [1.82, 2.24) is 4.68 Å². The molecule has 0 saturated heterocycles. The van der Waals surface area contributed by atoms with Crippen LogP contribution in [-0.4, -0.2) is 38.8 Å². The average Bonchev–Trinajstić information content (AvgIpc) is 3.18. The second-order valence-electron chi connectivity index (χ2n) is 6.01. The van der Waals surface area contributed by atoms with Crippen LogP contribution in [0.5, 0.6) is 17.2 Å². The van der Waals surface area contributed by atoms with Crippen LogP contribution in [0.2, 0.25) is 0 Å². The molecule has 1 aromatic heterocycles. The molecule has 0 unspecified atom stereocenters. The van der Waals surface area contributed by atoms with Crippen molar-refractivity contribution >= 4 is 17.6 Å². The van der Waals surface area contributed by atoms with Crippen LogP contribution in [0.15, 0.2) is 64.5 Å². The molecule has 8 heteroatoms. The van der Waals surface area contributed by atoms with Crippen molar-refractivity contribution in [3.8, 4) is 28.5 Å². The molecule has 0 spiro atoms. The third kappa shape index (κ3) is 4.44. The van der Waals surface area contributed by atoms with Crippen LogP contribution in [0, 0.1) is 5.82 Å². The number of ether oxygens (including phenoxy) is 3. The van der Waals surface area contributed by atoms with Gasteiger partial charge >= 0.3 is 0 Å². The highest BCUT2D eigenvalue weighted by Gasteiger charge is 2.14. The summed E-state index contributed by atoms with van der Waals surface area (Å²) in [6.07, 6.45) is 3.28. The van der Waals surface area contributed by atoms with Crippen LogP contribution in [0.4, 0.5) is 4.39 Å². The summed E-state index contributed by atoms with van der Waals surface area (Å²) in [5.41, 5.74) is 1.64. The molecule has 3 aromatic rings. The third-order valence-electron chi connectivity index (χ3n) is 4.25. The lowest BCUT2D eigenvalue weighted by Crippen LogP contribution is -2.13. The molecule has 2 aromatic carbocycles. The minimum Gasteiger partial charge on any atom is -0.496 e. The molecule has 0 amide bonds. The molecule has 0 aliphatic rings. The highest BCUT2D eigenvalue weighted by atomic mass is 32.1. The van der Waals surface area contributed by atoms with Crippen molar-refractivity contribution < 1.29 is 18.6 Å². The number of halogens is 1. The second kappa shape index (κ2) is 9.89. The number of hydrogen-bond acceptors (Lipinski definition) is 6. The van der Waals surface area contributed by atoms with E-state index >= 15 is 0 Å². The molecule has 30 heavy (non-hydrogen) atoms. The molecule has 6 nitrogen and oxygen atoms in total. The molecular formula is C22H22FN3O3S. The maximum absolute atomic E-state index is 14.4. The van der Waals surface area contributed by atoms with Gasteiger partial charge in [-0.1, -0.05) is 18.2 Å². The van der Waals surface area contributed by atoms with E-state index in [1.165, 1.54) is 17.4 Å². The lowest BCUT2D eigenvalue weighted by molar-refractivity contribution is 0.374. The number of nitrogens with zero attached hydrogens (tertiary/aromatic N) is 3. The number of hydrogen-bond donors (Lipinski definition) is 0. The number of aromatic nitrogens is 1. The Morgan fingerprint density at radius 2 is 1.80 bits per heavy atom. The Morgan fingerprint density at radius 1 is 1.10 bits per heavy atom. The van der Waals surface area contributed by atoms with Gasteiger partial charge in [0.15, 0.2) is 0 Å². The molecule has 0 N–H and O–H groups in total. The normalized spacial score (nSPS) is 11.7. The summed E-state index contributed by atoms with van der Waals surface area (Å²) in [6.45, 7) is 4.12. The highest BCUT2D eigenvalue weighted by Crippen LogP contribution is 2.33. The molecule has 156 valence electrons. The van der Waals surface area contributed by atoms with Crippen molar-refractivity contribution in [2.45, 2.75) is 0 Å². The van der Waals surface area contributed by atoms with Crippen LogP contribution < -0.4 is 19.0 Å². The van der Waals surface area contributed by atoms with Gasteiger partial charge in [-0.2, -0.15) is 5.10 Å². The lowest BCUT2D eigenvalue weighted by Gasteiger charge is -2.12. The fourth-order valence-corrected chi connectivity index (χ4v) is 3.63. The van der Waals surface area contributed by atoms with E-state index in [9.17, 15) is 4.39 Å². The Bertz CT molecular complexity index is 1110. The summed E-state index contributed by atoms with van der Waals surface area (Å²) >= 11 is 1.37. The molecule has 0 fully saturated rings. The van der Waals surface area contributed by atoms with E-state index in [1.807, 2.05) is 5.38 Å². The van der Waals surface area contributed by atoms with Gasteiger partial charge in [-0.3, -0.25) is 4.99 Å². The van der Waals surface area contributed by atoms with E-state index in [-0.39, 0.29) is 5.82 Å². The zero-order chi connectivity index (χ0) is 21.5. The van der Waals surface area contributed by atoms with Crippen molar-refractivity contribution in [1.29, 1.82) is 0 Å². The Labute approximate surface area is 178 Å². The molecule has 0 radical (unpaired) electrons. The van der Waals surface area contributed by atoms with Gasteiger partial charge in [0, 0.05) is 23.1 Å². The first-order valence-electron chi connectivity index (χ1n) is 9.04. The second-order valence-corrected chi connectivity index (χ2v) is 6.85. The maximum atomic E-state index is 14.4. The van der Waals surface area contributed by atoms with Crippen LogP contribution in [0.1, 0.15) is 5.56 Å². The molecule has 0 atom stereocenters. The third-order valence-corrected chi connectivity index (χ3v) is 5.10. The van der Waals surface area contributed by atoms with Crippen LogP contribution in [0.25, 0.3) is 11.3 Å². The van der Waals surface area contributed by atoms with Crippen molar-refractivity contribution in [3.63, 3.8) is 0 Å². The van der Waals surface area contributed by atoms with Gasteiger partial charge in [-0.15, -0.1) is 17.9 Å². The van der Waals surface area contributed by atoms with Crippen LogP contribution in [0.3, 0.4) is 0 Å². The molecule has 0 saturated carbocycles. The van der Waals surface area contributed by atoms with Crippen LogP contribution in [-0.2, 0) is 0 Å². The molecule has 0 aliphatic heterocycles. The molecule has 0 aliphatic carbocycles. The fourth-order valence-electron chi connectivity index (χ4n) is 2.79. The van der Waals surface area contributed by atoms with Gasteiger partial charge in [0.1, 0.15) is 23.1 Å². The summed E-state index contributed by atoms with van der Waals surface area (Å²) in [5.74, 6) is 1.32. The summed E-state index contributed by atoms with van der Waals surface area (Å²) in [5, 5.41) is 6.41. The fraction of sp³-hybridized carbons (Fsp3) is 0.182. The molecule has 1 heterocycles. The van der Waals surface area contributed by atoms with Gasteiger partial charge in [0.05, 0.1) is 45.3 Å². The van der Waals surface area contributed by atoms with Crippen molar-refractivity contribution in [2.24, 2.45) is 10.1 Å². The van der Waals surface area contributed by atoms with Gasteiger partial charge in [-0.25, -0.2) is 9.07 Å². The Hall–Kier alpha value is -3.39. The first kappa shape index (κ1) is 21.3. The topological polar surface area (TPSA) is 57.3 Å². The summed E-state index contributed by atoms with van der Waals surface area (Å²) in [6, 6.07) is 10.0. The summed E-state index contributed by atoms with van der Waals surface area (Å²) in [7, 11) is 4.68. The zero-order valence-corrected chi connectivity index (χ0v) is 17.8. The predicted molar refractivity (Wildman–Crippen MR) is 117 cm³/mol. The van der Waals surface area contributed by atoms with Gasteiger partial charge in [0.25, 0.3) is 0 Å². The number of thiazole rings is 1. The number of methoxy groups -OCH3 is 3. The monoisotopic (exact) mass is 427 g/mol. The minimum absolute atomic E-state index is 0.339. The van der Waals surface area contributed by atoms with Gasteiger partial charge < -0.3 is 14.2 Å². The first-order chi connectivity index (χ1) is 14.6. The minimum atomic E-state index is -0.339. The van der Waals surface area contributed by atoms with E-state index in [4.69, 9.17) is 14.2 Å². The first-order valence-corrected chi connectivity index (χ1v) is 9.92. The maximum Gasteiger partial charge on any atom is 0.206 e. The van der Waals surface area contributed by atoms with Crippen LogP contribution >= 0.6 is 11.3 Å². The zero-order valence-electron chi connectivity index (χ0n) is 17.0. The van der Waals surface area contributed by atoms with Gasteiger partial charge in [0.2, 0.25) is 4.80 Å². The van der Waals surface area contributed by atoms with Crippen molar-refractivity contribution in [2.75, 3.05) is 27.9 Å².